The monoisotopic (exact) mass is 400 g/mol. The van der Waals surface area contributed by atoms with Crippen LogP contribution in [0.3, 0.4) is 0 Å². The minimum Gasteiger partial charge on any atom is -0.335 e. The Bertz CT molecular complexity index is 891. The summed E-state index contributed by atoms with van der Waals surface area (Å²) < 4.78 is 50.9. The van der Waals surface area contributed by atoms with E-state index in [1.165, 1.54) is 12.1 Å². The van der Waals surface area contributed by atoms with Crippen molar-refractivity contribution in [2.75, 3.05) is 18.1 Å². The zero-order chi connectivity index (χ0) is 18.9. The summed E-state index contributed by atoms with van der Waals surface area (Å²) in [4.78, 5) is 14.6. The molecule has 26 heavy (non-hydrogen) atoms. The lowest BCUT2D eigenvalue weighted by Gasteiger charge is -2.28. The lowest BCUT2D eigenvalue weighted by molar-refractivity contribution is 0.0697. The smallest absolute Gasteiger partial charge is 0.254 e. The first kappa shape index (κ1) is 19.3. The number of sulfonamides is 1. The maximum Gasteiger partial charge on any atom is 0.254 e. The molecule has 1 aromatic carbocycles. The Morgan fingerprint density at radius 1 is 1.27 bits per heavy atom. The SMILES string of the molecule is CCCN(C(=O)c1cccc(S(=O)(=O)NC2CC2)c1)C1CCS(=O)(=O)C1. The van der Waals surface area contributed by atoms with Gasteiger partial charge in [0.1, 0.15) is 0 Å². The molecule has 9 heteroatoms. The van der Waals surface area contributed by atoms with Crippen molar-refractivity contribution in [3.05, 3.63) is 29.8 Å². The lowest BCUT2D eigenvalue weighted by Crippen LogP contribution is -2.41. The van der Waals surface area contributed by atoms with Crippen molar-refractivity contribution in [3.8, 4) is 0 Å². The number of nitrogens with zero attached hydrogens (tertiary/aromatic N) is 1. The van der Waals surface area contributed by atoms with E-state index in [0.717, 1.165) is 12.8 Å². The van der Waals surface area contributed by atoms with Crippen LogP contribution < -0.4 is 4.72 Å². The molecular formula is C17H24N2O5S2. The third kappa shape index (κ3) is 4.44. The summed E-state index contributed by atoms with van der Waals surface area (Å²) in [6, 6.07) is 5.59. The largest absolute Gasteiger partial charge is 0.335 e. The second kappa shape index (κ2) is 7.28. The quantitative estimate of drug-likeness (QED) is 0.740. The highest BCUT2D eigenvalue weighted by Crippen LogP contribution is 2.24. The molecule has 0 radical (unpaired) electrons. The van der Waals surface area contributed by atoms with Gasteiger partial charge in [0.05, 0.1) is 16.4 Å². The van der Waals surface area contributed by atoms with Crippen LogP contribution >= 0.6 is 0 Å². The average molecular weight is 401 g/mol. The normalized spacial score (nSPS) is 22.3. The topological polar surface area (TPSA) is 101 Å². The standard InChI is InChI=1S/C17H24N2O5S2/c1-2-9-19(15-8-10-25(21,22)12-15)17(20)13-4-3-5-16(11-13)26(23,24)18-14-6-7-14/h3-5,11,14-15,18H,2,6-10,12H2,1H3. The van der Waals surface area contributed by atoms with Gasteiger partial charge in [-0.1, -0.05) is 13.0 Å². The van der Waals surface area contributed by atoms with E-state index in [1.54, 1.807) is 17.0 Å². The van der Waals surface area contributed by atoms with Gasteiger partial charge in [-0.15, -0.1) is 0 Å². The second-order valence-corrected chi connectivity index (χ2v) is 10.9. The van der Waals surface area contributed by atoms with Crippen LogP contribution in [-0.4, -0.2) is 57.8 Å². The highest BCUT2D eigenvalue weighted by Gasteiger charge is 2.35. The third-order valence-corrected chi connectivity index (χ3v) is 7.93. The minimum atomic E-state index is -3.65. The van der Waals surface area contributed by atoms with Crippen molar-refractivity contribution in [2.45, 2.75) is 49.6 Å². The molecule has 1 atom stereocenters. The number of hydrogen-bond acceptors (Lipinski definition) is 5. The number of amides is 1. The van der Waals surface area contributed by atoms with Crippen molar-refractivity contribution in [3.63, 3.8) is 0 Å². The average Bonchev–Trinajstić information content (AvgIpc) is 3.32. The zero-order valence-corrected chi connectivity index (χ0v) is 16.4. The molecule has 1 amide bonds. The Labute approximate surface area is 154 Å². The first-order valence-electron chi connectivity index (χ1n) is 8.85. The van der Waals surface area contributed by atoms with E-state index in [1.807, 2.05) is 6.92 Å². The fraction of sp³-hybridized carbons (Fsp3) is 0.588. The summed E-state index contributed by atoms with van der Waals surface area (Å²) in [6.07, 6.45) is 2.79. The van der Waals surface area contributed by atoms with Gasteiger partial charge in [-0.2, -0.15) is 0 Å². The Balaban J connectivity index is 1.84. The van der Waals surface area contributed by atoms with Crippen molar-refractivity contribution >= 4 is 25.8 Å². The molecule has 1 saturated carbocycles. The zero-order valence-electron chi connectivity index (χ0n) is 14.7. The van der Waals surface area contributed by atoms with E-state index in [4.69, 9.17) is 0 Å². The molecule has 0 spiro atoms. The number of benzene rings is 1. The number of nitrogens with one attached hydrogen (secondary N) is 1. The van der Waals surface area contributed by atoms with Gasteiger partial charge in [-0.3, -0.25) is 4.79 Å². The Morgan fingerprint density at radius 2 is 2.00 bits per heavy atom. The van der Waals surface area contributed by atoms with Crippen LogP contribution in [0.1, 0.15) is 43.0 Å². The highest BCUT2D eigenvalue weighted by atomic mass is 32.2. The lowest BCUT2D eigenvalue weighted by atomic mass is 10.1. The first-order chi connectivity index (χ1) is 12.2. The molecule has 2 aliphatic rings. The van der Waals surface area contributed by atoms with E-state index in [-0.39, 0.29) is 40.0 Å². The van der Waals surface area contributed by atoms with Crippen molar-refractivity contribution in [2.24, 2.45) is 0 Å². The van der Waals surface area contributed by atoms with Gasteiger partial charge in [0, 0.05) is 24.2 Å². The van der Waals surface area contributed by atoms with E-state index in [2.05, 4.69) is 4.72 Å². The van der Waals surface area contributed by atoms with Crippen LogP contribution in [0.15, 0.2) is 29.2 Å². The van der Waals surface area contributed by atoms with E-state index >= 15 is 0 Å². The Hall–Kier alpha value is -1.45. The Morgan fingerprint density at radius 3 is 2.58 bits per heavy atom. The summed E-state index contributed by atoms with van der Waals surface area (Å²) in [5.74, 6) is -0.261. The molecule has 1 aliphatic carbocycles. The summed E-state index contributed by atoms with van der Waals surface area (Å²) in [7, 11) is -6.76. The molecule has 3 rings (SSSR count). The number of sulfone groups is 1. The summed E-state index contributed by atoms with van der Waals surface area (Å²) in [5, 5.41) is 0. The molecule has 1 heterocycles. The van der Waals surface area contributed by atoms with Gasteiger partial charge in [0.15, 0.2) is 9.84 Å². The summed E-state index contributed by atoms with van der Waals surface area (Å²) >= 11 is 0. The maximum absolute atomic E-state index is 13.0. The van der Waals surface area contributed by atoms with Gasteiger partial charge in [-0.05, 0) is 43.9 Å². The molecule has 0 bridgehead atoms. The third-order valence-electron chi connectivity index (χ3n) is 4.66. The predicted octanol–water partition coefficient (Wildman–Crippen LogP) is 1.17. The molecule has 1 N–H and O–H groups in total. The number of rotatable bonds is 7. The molecule has 0 aromatic heterocycles. The highest BCUT2D eigenvalue weighted by molar-refractivity contribution is 7.91. The number of carbonyl (C=O) groups excluding carboxylic acids is 1. The van der Waals surface area contributed by atoms with Crippen LogP contribution in [0.4, 0.5) is 0 Å². The van der Waals surface area contributed by atoms with E-state index < -0.39 is 19.9 Å². The van der Waals surface area contributed by atoms with Gasteiger partial charge < -0.3 is 4.90 Å². The van der Waals surface area contributed by atoms with Crippen molar-refractivity contribution < 1.29 is 21.6 Å². The first-order valence-corrected chi connectivity index (χ1v) is 12.2. The second-order valence-electron chi connectivity index (χ2n) is 6.98. The molecular weight excluding hydrogens is 376 g/mol. The molecule has 144 valence electrons. The van der Waals surface area contributed by atoms with Gasteiger partial charge in [0.25, 0.3) is 5.91 Å². The maximum atomic E-state index is 13.0. The van der Waals surface area contributed by atoms with Gasteiger partial charge in [0.2, 0.25) is 10.0 Å². The van der Waals surface area contributed by atoms with E-state index in [0.29, 0.717) is 19.4 Å². The molecule has 2 fully saturated rings. The number of carbonyl (C=O) groups is 1. The molecule has 1 aromatic rings. The fourth-order valence-corrected chi connectivity index (χ4v) is 6.24. The predicted molar refractivity (Wildman–Crippen MR) is 98.2 cm³/mol. The van der Waals surface area contributed by atoms with Crippen LogP contribution in [0.25, 0.3) is 0 Å². The van der Waals surface area contributed by atoms with Crippen LogP contribution in [0, 0.1) is 0 Å². The van der Waals surface area contributed by atoms with Crippen LogP contribution in [0.5, 0.6) is 0 Å². The molecule has 1 unspecified atom stereocenters. The fourth-order valence-electron chi connectivity index (χ4n) is 3.16. The number of hydrogen-bond donors (Lipinski definition) is 1. The van der Waals surface area contributed by atoms with E-state index in [9.17, 15) is 21.6 Å². The van der Waals surface area contributed by atoms with Crippen LogP contribution in [0.2, 0.25) is 0 Å². The van der Waals surface area contributed by atoms with Crippen molar-refractivity contribution in [1.82, 2.24) is 9.62 Å². The Kier molecular flexibility index (Phi) is 5.41. The summed E-state index contributed by atoms with van der Waals surface area (Å²) in [5.41, 5.74) is 0.265. The van der Waals surface area contributed by atoms with Gasteiger partial charge >= 0.3 is 0 Å². The van der Waals surface area contributed by atoms with Gasteiger partial charge in [-0.25, -0.2) is 21.6 Å². The summed E-state index contributed by atoms with van der Waals surface area (Å²) in [6.45, 7) is 2.36. The molecule has 7 nitrogen and oxygen atoms in total. The van der Waals surface area contributed by atoms with Crippen molar-refractivity contribution in [1.29, 1.82) is 0 Å². The molecule has 1 aliphatic heterocycles. The minimum absolute atomic E-state index is 0.0142. The molecule has 1 saturated heterocycles. The van der Waals surface area contributed by atoms with Crippen LogP contribution in [-0.2, 0) is 19.9 Å².